The first-order valence-electron chi connectivity index (χ1n) is 10.5. The Morgan fingerprint density at radius 2 is 1.48 bits per heavy atom. The Labute approximate surface area is 165 Å². The third-order valence-corrected chi connectivity index (χ3v) is 4.80. The fourth-order valence-electron chi connectivity index (χ4n) is 2.75. The highest BCUT2D eigenvalue weighted by Gasteiger charge is 1.99. The first-order valence-corrected chi connectivity index (χ1v) is 12.0. The van der Waals surface area contributed by atoms with E-state index in [-0.39, 0.29) is 19.0 Å². The van der Waals surface area contributed by atoms with Crippen molar-refractivity contribution < 1.29 is 24.0 Å². The van der Waals surface area contributed by atoms with Gasteiger partial charge in [0.25, 0.3) is 7.82 Å². The van der Waals surface area contributed by atoms with Crippen molar-refractivity contribution in [3.8, 4) is 0 Å². The number of unbranched alkanes of at least 4 members (excludes halogenated alkanes) is 11. The Balaban J connectivity index is 3.34. The van der Waals surface area contributed by atoms with E-state index in [0.717, 1.165) is 25.7 Å². The summed E-state index contributed by atoms with van der Waals surface area (Å²) in [6.07, 6.45) is 20.7. The monoisotopic (exact) mass is 403 g/mol. The molecule has 0 aliphatic rings. The van der Waals surface area contributed by atoms with Gasteiger partial charge in [-0.3, -0.25) is 4.57 Å². The highest BCUT2D eigenvalue weighted by atomic mass is 31.2. The third kappa shape index (κ3) is 23.3. The molecule has 0 aromatic heterocycles. The van der Waals surface area contributed by atoms with Crippen LogP contribution < -0.4 is 10.00 Å². The molecule has 0 aromatic rings. The van der Waals surface area contributed by atoms with E-state index >= 15 is 0 Å². The lowest BCUT2D eigenvalue weighted by atomic mass is 10.1. The number of hydrogen-bond acceptors (Lipinski definition) is 5. The van der Waals surface area contributed by atoms with Crippen LogP contribution in [-0.2, 0) is 9.09 Å². The fraction of sp³-hybridized carbons (Fsp3) is 0.850. The van der Waals surface area contributed by atoms with E-state index in [2.05, 4.69) is 28.6 Å². The topological polar surface area (TPSA) is 105 Å². The molecule has 6 nitrogen and oxygen atoms in total. The van der Waals surface area contributed by atoms with E-state index in [1.165, 1.54) is 57.8 Å². The third-order valence-electron chi connectivity index (χ3n) is 4.29. The minimum Gasteiger partial charge on any atom is -0.862 e. The molecule has 27 heavy (non-hydrogen) atoms. The van der Waals surface area contributed by atoms with Gasteiger partial charge < -0.3 is 24.4 Å². The van der Waals surface area contributed by atoms with Crippen molar-refractivity contribution in [2.24, 2.45) is 4.99 Å². The number of nitrogens with zero attached hydrogens (tertiary/aromatic N) is 1. The average molecular weight is 404 g/mol. The maximum absolute atomic E-state index is 11.5. The normalized spacial score (nSPS) is 14.7. The molecule has 0 aliphatic heterocycles. The van der Waals surface area contributed by atoms with Gasteiger partial charge in [0.2, 0.25) is 0 Å². The molecular formula is C20H38NO5P-2. The average Bonchev–Trinajstić information content (AvgIpc) is 2.61. The Morgan fingerprint density at radius 1 is 0.963 bits per heavy atom. The van der Waals surface area contributed by atoms with Gasteiger partial charge in [0.15, 0.2) is 0 Å². The molecule has 0 bridgehead atoms. The van der Waals surface area contributed by atoms with Crippen LogP contribution in [-0.4, -0.2) is 23.9 Å². The Kier molecular flexibility index (Phi) is 18.2. The van der Waals surface area contributed by atoms with Gasteiger partial charge in [-0.2, -0.15) is 0 Å². The summed E-state index contributed by atoms with van der Waals surface area (Å²) in [5.41, 5.74) is 0. The zero-order chi connectivity index (χ0) is 20.2. The summed E-state index contributed by atoms with van der Waals surface area (Å²) in [6.45, 7) is 1.90. The van der Waals surface area contributed by atoms with Crippen LogP contribution in [0.4, 0.5) is 0 Å². The molecule has 0 aliphatic carbocycles. The Morgan fingerprint density at radius 3 is 2.04 bits per heavy atom. The number of aliphatic imine (C=N–C) groups is 1. The standard InChI is InChI=1S/C20H40NO5P/c1-2-3-4-5-6-7-8-9-10-11-12-13-14-15-16-17-20(22)21-18-19-26-27(23,24)25/h9-10H,2-8,11-19H2,1H3,(H,21,22)(H2,23,24,25)/p-2/b10-9-. The van der Waals surface area contributed by atoms with Crippen LogP contribution >= 0.6 is 7.82 Å². The molecule has 0 spiro atoms. The van der Waals surface area contributed by atoms with Crippen molar-refractivity contribution in [1.29, 1.82) is 0 Å². The number of hydrogen-bond donors (Lipinski definition) is 1. The molecule has 0 amide bonds. The van der Waals surface area contributed by atoms with Crippen LogP contribution in [0.25, 0.3) is 0 Å². The second-order valence-electron chi connectivity index (χ2n) is 6.91. The van der Waals surface area contributed by atoms with Gasteiger partial charge in [-0.15, -0.1) is 0 Å². The molecular weight excluding hydrogens is 365 g/mol. The van der Waals surface area contributed by atoms with Gasteiger partial charge in [0.1, 0.15) is 0 Å². The van der Waals surface area contributed by atoms with Gasteiger partial charge in [-0.1, -0.05) is 70.4 Å². The Bertz CT molecular complexity index is 434. The molecule has 0 aromatic carbocycles. The van der Waals surface area contributed by atoms with Crippen molar-refractivity contribution in [3.05, 3.63) is 12.2 Å². The summed E-state index contributed by atoms with van der Waals surface area (Å²) in [5, 5.41) is 11.5. The summed E-state index contributed by atoms with van der Waals surface area (Å²) < 4.78 is 14.4. The molecule has 0 fully saturated rings. The van der Waals surface area contributed by atoms with Crippen LogP contribution in [0.1, 0.15) is 96.8 Å². The van der Waals surface area contributed by atoms with Gasteiger partial charge in [-0.25, -0.2) is 0 Å². The lowest BCUT2D eigenvalue weighted by Gasteiger charge is -2.15. The highest BCUT2D eigenvalue weighted by Crippen LogP contribution is 2.29. The predicted octanol–water partition coefficient (Wildman–Crippen LogP) is 4.26. The molecule has 0 saturated heterocycles. The second-order valence-corrected chi connectivity index (χ2v) is 8.11. The van der Waals surface area contributed by atoms with Gasteiger partial charge in [-0.05, 0) is 44.4 Å². The predicted molar refractivity (Wildman–Crippen MR) is 108 cm³/mol. The maximum Gasteiger partial charge on any atom is 0.265 e. The molecule has 1 unspecified atom stereocenters. The highest BCUT2D eigenvalue weighted by molar-refractivity contribution is 7.44. The zero-order valence-electron chi connectivity index (χ0n) is 16.9. The van der Waals surface area contributed by atoms with Crippen molar-refractivity contribution in [2.45, 2.75) is 96.8 Å². The smallest absolute Gasteiger partial charge is 0.265 e. The fourth-order valence-corrected chi connectivity index (χ4v) is 3.06. The number of allylic oxidation sites excluding steroid dienone is 2. The molecule has 0 saturated carbocycles. The summed E-state index contributed by atoms with van der Waals surface area (Å²) in [7, 11) is -4.71. The minimum absolute atomic E-state index is 0.0449. The zero-order valence-corrected chi connectivity index (χ0v) is 17.8. The van der Waals surface area contributed by atoms with E-state index in [9.17, 15) is 14.6 Å². The molecule has 1 atom stereocenters. The van der Waals surface area contributed by atoms with Crippen molar-refractivity contribution in [3.63, 3.8) is 0 Å². The minimum atomic E-state index is -4.71. The van der Waals surface area contributed by atoms with Crippen molar-refractivity contribution in [2.75, 3.05) is 13.2 Å². The first kappa shape index (κ1) is 26.3. The van der Waals surface area contributed by atoms with Gasteiger partial charge >= 0.3 is 0 Å². The van der Waals surface area contributed by atoms with Crippen LogP contribution in [0.2, 0.25) is 0 Å². The summed E-state index contributed by atoms with van der Waals surface area (Å²) in [6, 6.07) is 0. The quantitative estimate of drug-likeness (QED) is 0.114. The molecule has 0 rings (SSSR count). The number of phosphoric ester groups is 1. The van der Waals surface area contributed by atoms with E-state index < -0.39 is 7.82 Å². The Hall–Kier alpha value is -0.680. The second kappa shape index (κ2) is 18.7. The van der Waals surface area contributed by atoms with E-state index in [1.807, 2.05) is 0 Å². The van der Waals surface area contributed by atoms with Gasteiger partial charge in [0.05, 0.1) is 13.2 Å². The van der Waals surface area contributed by atoms with Crippen LogP contribution in [0, 0.1) is 0 Å². The number of rotatable bonds is 19. The summed E-state index contributed by atoms with van der Waals surface area (Å²) in [4.78, 5) is 22.4. The van der Waals surface area contributed by atoms with Crippen molar-refractivity contribution >= 4 is 13.7 Å². The van der Waals surface area contributed by atoms with Crippen LogP contribution in [0.15, 0.2) is 17.1 Å². The van der Waals surface area contributed by atoms with E-state index in [0.29, 0.717) is 6.42 Å². The molecule has 7 heteroatoms. The molecule has 0 heterocycles. The van der Waals surface area contributed by atoms with Crippen LogP contribution in [0.3, 0.4) is 0 Å². The molecule has 160 valence electrons. The largest absolute Gasteiger partial charge is 0.862 e. The first-order chi connectivity index (χ1) is 13.0. The molecule has 1 N–H and O–H groups in total. The SMILES string of the molecule is CCCCCCCC/C=C\CCCCCCCC([O-])=NCCOP(=O)([O-])O. The summed E-state index contributed by atoms with van der Waals surface area (Å²) in [5.74, 6) is -0.241. The molecule has 0 radical (unpaired) electrons. The number of phosphoric acid groups is 1. The lowest BCUT2D eigenvalue weighted by molar-refractivity contribution is -0.222. The lowest BCUT2D eigenvalue weighted by Crippen LogP contribution is -2.18. The van der Waals surface area contributed by atoms with E-state index in [4.69, 9.17) is 4.89 Å². The maximum atomic E-state index is 11.5. The summed E-state index contributed by atoms with van der Waals surface area (Å²) >= 11 is 0. The van der Waals surface area contributed by atoms with E-state index in [1.54, 1.807) is 0 Å². The van der Waals surface area contributed by atoms with Crippen LogP contribution in [0.5, 0.6) is 0 Å². The van der Waals surface area contributed by atoms with Crippen molar-refractivity contribution in [1.82, 2.24) is 0 Å². The van der Waals surface area contributed by atoms with Gasteiger partial charge in [0, 0.05) is 0 Å².